The van der Waals surface area contributed by atoms with Gasteiger partial charge in [0.1, 0.15) is 6.54 Å². The van der Waals surface area contributed by atoms with Crippen LogP contribution in [0.4, 0.5) is 10.5 Å². The molecule has 1 N–H and O–H groups in total. The van der Waals surface area contributed by atoms with E-state index < -0.39 is 17.1 Å². The lowest BCUT2D eigenvalue weighted by molar-refractivity contribution is -0.127. The molecule has 0 spiro atoms. The van der Waals surface area contributed by atoms with Gasteiger partial charge in [-0.25, -0.2) is 0 Å². The minimum Gasteiger partial charge on any atom is -0.325 e. The molecule has 0 unspecified atom stereocenters. The molecule has 3 aromatic rings. The molecule has 2 heterocycles. The molecule has 4 rings (SSSR count). The van der Waals surface area contributed by atoms with Crippen LogP contribution in [-0.4, -0.2) is 33.1 Å². The van der Waals surface area contributed by atoms with Crippen molar-refractivity contribution in [1.82, 2.24) is 9.47 Å². The zero-order valence-corrected chi connectivity index (χ0v) is 21.8. The molecule has 1 saturated heterocycles. The number of aromatic nitrogens is 1. The van der Waals surface area contributed by atoms with Gasteiger partial charge in [-0.15, -0.1) is 0 Å². The molecule has 0 radical (unpaired) electrons. The third-order valence-electron chi connectivity index (χ3n) is 6.20. The van der Waals surface area contributed by atoms with Crippen LogP contribution in [0.2, 0.25) is 5.02 Å². The van der Waals surface area contributed by atoms with E-state index >= 15 is 0 Å². The standard InChI is InChI=1S/C27H26ClN3O3S/c1-15-9-10-21(11-16(15)2)29-25(32)14-30-26(33)24(35-27(30)34)13-20-12-17(3)31(19(20)5)23-8-6-7-22(28)18(23)4/h6-13H,14H2,1-5H3,(H,29,32)/b24-13+. The van der Waals surface area contributed by atoms with Gasteiger partial charge in [0.2, 0.25) is 5.91 Å². The Morgan fingerprint density at radius 1 is 1.03 bits per heavy atom. The maximum atomic E-state index is 13.0. The number of amides is 3. The van der Waals surface area contributed by atoms with Gasteiger partial charge in [-0.05, 0) is 105 Å². The van der Waals surface area contributed by atoms with E-state index in [-0.39, 0.29) is 11.4 Å². The van der Waals surface area contributed by atoms with Gasteiger partial charge in [-0.1, -0.05) is 23.7 Å². The fraction of sp³-hybridized carbons (Fsp3) is 0.222. The highest BCUT2D eigenvalue weighted by atomic mass is 35.5. The van der Waals surface area contributed by atoms with Gasteiger partial charge in [-0.3, -0.25) is 19.3 Å². The molecular weight excluding hydrogens is 482 g/mol. The van der Waals surface area contributed by atoms with E-state index in [1.807, 2.05) is 71.0 Å². The van der Waals surface area contributed by atoms with Crippen LogP contribution in [0.15, 0.2) is 47.4 Å². The molecule has 2 aromatic carbocycles. The van der Waals surface area contributed by atoms with Gasteiger partial charge < -0.3 is 9.88 Å². The molecule has 1 aliphatic rings. The number of carbonyl (C=O) groups excluding carboxylic acids is 3. The second kappa shape index (κ2) is 9.76. The smallest absolute Gasteiger partial charge is 0.294 e. The van der Waals surface area contributed by atoms with Crippen molar-refractivity contribution in [2.24, 2.45) is 0 Å². The predicted octanol–water partition coefficient (Wildman–Crippen LogP) is 6.35. The number of anilines is 1. The molecule has 0 atom stereocenters. The summed E-state index contributed by atoms with van der Waals surface area (Å²) in [4.78, 5) is 39.4. The van der Waals surface area contributed by atoms with Crippen molar-refractivity contribution in [2.75, 3.05) is 11.9 Å². The number of nitrogens with zero attached hydrogens (tertiary/aromatic N) is 2. The normalized spacial score (nSPS) is 14.8. The first-order valence-corrected chi connectivity index (χ1v) is 12.3. The van der Waals surface area contributed by atoms with Crippen molar-refractivity contribution in [1.29, 1.82) is 0 Å². The highest BCUT2D eigenvalue weighted by Gasteiger charge is 2.36. The SMILES string of the molecule is Cc1ccc(NC(=O)CN2C(=O)S/C(=C/c3cc(C)n(-c4cccc(Cl)c4C)c3C)C2=O)cc1C. The highest BCUT2D eigenvalue weighted by molar-refractivity contribution is 8.18. The first-order valence-electron chi connectivity index (χ1n) is 11.1. The molecule has 0 saturated carbocycles. The molecule has 6 nitrogen and oxygen atoms in total. The number of hydrogen-bond acceptors (Lipinski definition) is 4. The van der Waals surface area contributed by atoms with Crippen molar-refractivity contribution in [2.45, 2.75) is 34.6 Å². The van der Waals surface area contributed by atoms with Gasteiger partial charge in [-0.2, -0.15) is 0 Å². The minimum atomic E-state index is -0.473. The van der Waals surface area contributed by atoms with E-state index in [1.54, 1.807) is 12.1 Å². The van der Waals surface area contributed by atoms with Crippen LogP contribution in [0.3, 0.4) is 0 Å². The van der Waals surface area contributed by atoms with Crippen molar-refractivity contribution in [3.63, 3.8) is 0 Å². The van der Waals surface area contributed by atoms with Gasteiger partial charge >= 0.3 is 0 Å². The van der Waals surface area contributed by atoms with E-state index in [4.69, 9.17) is 11.6 Å². The van der Waals surface area contributed by atoms with Crippen LogP contribution in [0, 0.1) is 34.6 Å². The fourth-order valence-electron chi connectivity index (χ4n) is 4.08. The molecule has 180 valence electrons. The molecule has 1 aromatic heterocycles. The van der Waals surface area contributed by atoms with Crippen molar-refractivity contribution < 1.29 is 14.4 Å². The number of nitrogens with one attached hydrogen (secondary N) is 1. The Balaban J connectivity index is 1.54. The Bertz CT molecular complexity index is 1410. The molecule has 1 aliphatic heterocycles. The minimum absolute atomic E-state index is 0.289. The second-order valence-electron chi connectivity index (χ2n) is 8.66. The molecule has 0 aliphatic carbocycles. The summed E-state index contributed by atoms with van der Waals surface area (Å²) < 4.78 is 2.08. The Morgan fingerprint density at radius 2 is 1.77 bits per heavy atom. The molecule has 3 amide bonds. The Morgan fingerprint density at radius 3 is 2.49 bits per heavy atom. The van der Waals surface area contributed by atoms with Crippen LogP contribution in [0.5, 0.6) is 0 Å². The van der Waals surface area contributed by atoms with Crippen LogP contribution >= 0.6 is 23.4 Å². The van der Waals surface area contributed by atoms with Crippen LogP contribution in [0.25, 0.3) is 11.8 Å². The highest BCUT2D eigenvalue weighted by Crippen LogP contribution is 2.34. The molecule has 8 heteroatoms. The van der Waals surface area contributed by atoms with E-state index in [1.165, 1.54) is 0 Å². The second-order valence-corrected chi connectivity index (χ2v) is 10.1. The molecule has 1 fully saturated rings. The summed E-state index contributed by atoms with van der Waals surface area (Å²) in [5, 5.41) is 2.98. The third kappa shape index (κ3) is 4.92. The summed E-state index contributed by atoms with van der Waals surface area (Å²) in [5.41, 5.74) is 7.43. The number of aryl methyl sites for hydroxylation is 3. The zero-order valence-electron chi connectivity index (χ0n) is 20.2. The van der Waals surface area contributed by atoms with Crippen molar-refractivity contribution in [3.05, 3.63) is 86.0 Å². The number of hydrogen-bond donors (Lipinski definition) is 1. The van der Waals surface area contributed by atoms with Crippen LogP contribution in [0.1, 0.15) is 33.6 Å². The van der Waals surface area contributed by atoms with E-state index in [0.717, 1.165) is 56.0 Å². The largest absolute Gasteiger partial charge is 0.325 e. The van der Waals surface area contributed by atoms with Gasteiger partial charge in [0.15, 0.2) is 0 Å². The van der Waals surface area contributed by atoms with Gasteiger partial charge in [0.05, 0.1) is 4.91 Å². The topological polar surface area (TPSA) is 71.4 Å². The average Bonchev–Trinajstić information content (AvgIpc) is 3.22. The lowest BCUT2D eigenvalue weighted by Gasteiger charge is -2.14. The molecule has 35 heavy (non-hydrogen) atoms. The van der Waals surface area contributed by atoms with E-state index in [0.29, 0.717) is 10.7 Å². The lowest BCUT2D eigenvalue weighted by Crippen LogP contribution is -2.36. The van der Waals surface area contributed by atoms with E-state index in [2.05, 4.69) is 9.88 Å². The summed E-state index contributed by atoms with van der Waals surface area (Å²) in [6.45, 7) is 9.51. The summed E-state index contributed by atoms with van der Waals surface area (Å²) in [5.74, 6) is -0.898. The maximum absolute atomic E-state index is 13.0. The average molecular weight is 508 g/mol. The first-order chi connectivity index (χ1) is 16.6. The Kier molecular flexibility index (Phi) is 6.92. The number of imide groups is 1. The summed E-state index contributed by atoms with van der Waals surface area (Å²) in [7, 11) is 0. The van der Waals surface area contributed by atoms with E-state index in [9.17, 15) is 14.4 Å². The summed E-state index contributed by atoms with van der Waals surface area (Å²) in [6, 6.07) is 13.3. The molecular formula is C27H26ClN3O3S. The monoisotopic (exact) mass is 507 g/mol. The summed E-state index contributed by atoms with van der Waals surface area (Å²) >= 11 is 7.16. The third-order valence-corrected chi connectivity index (χ3v) is 7.52. The van der Waals surface area contributed by atoms with Gasteiger partial charge in [0.25, 0.3) is 11.1 Å². The number of carbonyl (C=O) groups is 3. The Hall–Kier alpha value is -3.29. The quantitative estimate of drug-likeness (QED) is 0.408. The van der Waals surface area contributed by atoms with Crippen molar-refractivity contribution >= 4 is 52.2 Å². The van der Waals surface area contributed by atoms with Crippen LogP contribution in [-0.2, 0) is 9.59 Å². The number of rotatable bonds is 5. The molecule has 0 bridgehead atoms. The number of benzene rings is 2. The maximum Gasteiger partial charge on any atom is 0.294 e. The number of thioether (sulfide) groups is 1. The van der Waals surface area contributed by atoms with Gasteiger partial charge in [0, 0.05) is 27.8 Å². The lowest BCUT2D eigenvalue weighted by atomic mass is 10.1. The Labute approximate surface area is 214 Å². The predicted molar refractivity (Wildman–Crippen MR) is 142 cm³/mol. The zero-order chi connectivity index (χ0) is 25.4. The van der Waals surface area contributed by atoms with Crippen molar-refractivity contribution in [3.8, 4) is 5.69 Å². The summed E-state index contributed by atoms with van der Waals surface area (Å²) in [6.07, 6.45) is 1.71. The number of halogens is 1. The fourth-order valence-corrected chi connectivity index (χ4v) is 5.08. The van der Waals surface area contributed by atoms with Crippen LogP contribution < -0.4 is 5.32 Å². The first kappa shape index (κ1) is 24.8.